The van der Waals surface area contributed by atoms with Crippen molar-refractivity contribution in [2.24, 2.45) is 0 Å². The van der Waals surface area contributed by atoms with Crippen molar-refractivity contribution in [2.75, 3.05) is 26.3 Å². The van der Waals surface area contributed by atoms with E-state index in [1.807, 2.05) is 28.9 Å². The minimum Gasteiger partial charge on any atom is -0.347 e. The van der Waals surface area contributed by atoms with Crippen LogP contribution < -0.4 is 0 Å². The van der Waals surface area contributed by atoms with Gasteiger partial charge in [-0.25, -0.2) is 4.68 Å². The predicted molar refractivity (Wildman–Crippen MR) is 103 cm³/mol. The monoisotopic (exact) mass is 394 g/mol. The minimum absolute atomic E-state index is 0.352. The standard InChI is InChI=1S/C18H23ClN4O2S/c1-2-22-16(14-3-5-15(19)6-4-14)20-23(17(22)26)13-21-9-7-18(8-10-21)24-11-12-25-18/h3-6H,2,7-13H2,1H3. The van der Waals surface area contributed by atoms with E-state index in [0.717, 1.165) is 48.6 Å². The van der Waals surface area contributed by atoms with Crippen molar-refractivity contribution in [3.8, 4) is 11.4 Å². The van der Waals surface area contributed by atoms with Crippen LogP contribution in [0.25, 0.3) is 11.4 Å². The molecule has 0 saturated carbocycles. The van der Waals surface area contributed by atoms with E-state index in [-0.39, 0.29) is 5.79 Å². The van der Waals surface area contributed by atoms with Crippen LogP contribution >= 0.6 is 23.8 Å². The fourth-order valence-electron chi connectivity index (χ4n) is 3.64. The number of aromatic nitrogens is 3. The Kier molecular flexibility index (Phi) is 5.16. The van der Waals surface area contributed by atoms with Gasteiger partial charge in [-0.3, -0.25) is 4.90 Å². The highest BCUT2D eigenvalue weighted by atomic mass is 35.5. The van der Waals surface area contributed by atoms with Crippen LogP contribution in [0.5, 0.6) is 0 Å². The van der Waals surface area contributed by atoms with Gasteiger partial charge in [-0.15, -0.1) is 0 Å². The van der Waals surface area contributed by atoms with Gasteiger partial charge in [0.25, 0.3) is 0 Å². The molecule has 2 aliphatic rings. The summed E-state index contributed by atoms with van der Waals surface area (Å²) in [5.74, 6) is 0.528. The van der Waals surface area contributed by atoms with Gasteiger partial charge in [-0.1, -0.05) is 11.6 Å². The molecular weight excluding hydrogens is 372 g/mol. The summed E-state index contributed by atoms with van der Waals surface area (Å²) in [5, 5.41) is 5.51. The van der Waals surface area contributed by atoms with E-state index in [0.29, 0.717) is 24.9 Å². The van der Waals surface area contributed by atoms with Gasteiger partial charge in [0, 0.05) is 43.1 Å². The SMILES string of the molecule is CCn1c(-c2ccc(Cl)cc2)nn(CN2CCC3(CC2)OCCO3)c1=S. The summed E-state index contributed by atoms with van der Waals surface area (Å²) in [5.41, 5.74) is 1.02. The highest BCUT2D eigenvalue weighted by molar-refractivity contribution is 7.71. The van der Waals surface area contributed by atoms with E-state index in [1.165, 1.54) is 0 Å². The topological polar surface area (TPSA) is 44.5 Å². The van der Waals surface area contributed by atoms with Crippen LogP contribution in [0.2, 0.25) is 5.02 Å². The average molecular weight is 395 g/mol. The third-order valence-electron chi connectivity index (χ3n) is 5.11. The molecule has 4 rings (SSSR count). The Labute approximate surface area is 163 Å². The third-order valence-corrected chi connectivity index (χ3v) is 5.79. The number of ether oxygens (including phenoxy) is 2. The molecule has 140 valence electrons. The zero-order valence-corrected chi connectivity index (χ0v) is 16.4. The van der Waals surface area contributed by atoms with Gasteiger partial charge >= 0.3 is 0 Å². The summed E-state index contributed by atoms with van der Waals surface area (Å²) < 4.78 is 16.3. The molecule has 0 radical (unpaired) electrons. The molecule has 0 amide bonds. The van der Waals surface area contributed by atoms with Gasteiger partial charge in [0.1, 0.15) is 0 Å². The molecule has 6 nitrogen and oxygen atoms in total. The fraction of sp³-hybridized carbons (Fsp3) is 0.556. The molecule has 0 bridgehead atoms. The van der Waals surface area contributed by atoms with Crippen molar-refractivity contribution < 1.29 is 9.47 Å². The molecule has 0 aliphatic carbocycles. The highest BCUT2D eigenvalue weighted by Crippen LogP contribution is 2.31. The lowest BCUT2D eigenvalue weighted by Crippen LogP contribution is -2.45. The van der Waals surface area contributed by atoms with Gasteiger partial charge in [0.05, 0.1) is 19.9 Å². The maximum atomic E-state index is 6.01. The van der Waals surface area contributed by atoms with Gasteiger partial charge in [0.2, 0.25) is 0 Å². The highest BCUT2D eigenvalue weighted by Gasteiger charge is 2.39. The van der Waals surface area contributed by atoms with Crippen molar-refractivity contribution in [1.29, 1.82) is 0 Å². The molecule has 1 aromatic carbocycles. The lowest BCUT2D eigenvalue weighted by Gasteiger charge is -2.37. The molecule has 2 aliphatic heterocycles. The van der Waals surface area contributed by atoms with Crippen molar-refractivity contribution in [3.05, 3.63) is 34.1 Å². The maximum absolute atomic E-state index is 6.01. The maximum Gasteiger partial charge on any atom is 0.199 e. The summed E-state index contributed by atoms with van der Waals surface area (Å²) >= 11 is 11.7. The summed E-state index contributed by atoms with van der Waals surface area (Å²) in [7, 11) is 0. The summed E-state index contributed by atoms with van der Waals surface area (Å²) in [6, 6.07) is 7.72. The van der Waals surface area contributed by atoms with Crippen molar-refractivity contribution in [3.63, 3.8) is 0 Å². The number of likely N-dealkylation sites (tertiary alicyclic amines) is 1. The molecule has 1 aromatic heterocycles. The van der Waals surface area contributed by atoms with Gasteiger partial charge in [-0.2, -0.15) is 5.10 Å². The zero-order valence-electron chi connectivity index (χ0n) is 14.9. The molecule has 2 fully saturated rings. The average Bonchev–Trinajstić information content (AvgIpc) is 3.23. The van der Waals surface area contributed by atoms with Crippen molar-refractivity contribution in [1.82, 2.24) is 19.2 Å². The number of hydrogen-bond donors (Lipinski definition) is 0. The van der Waals surface area contributed by atoms with Crippen LogP contribution in [0.15, 0.2) is 24.3 Å². The molecule has 0 N–H and O–H groups in total. The predicted octanol–water partition coefficient (Wildman–Crippen LogP) is 3.55. The summed E-state index contributed by atoms with van der Waals surface area (Å²) in [6.45, 7) is 6.78. The molecular formula is C18H23ClN4O2S. The van der Waals surface area contributed by atoms with Crippen LogP contribution in [-0.4, -0.2) is 51.3 Å². The molecule has 0 unspecified atom stereocenters. The Morgan fingerprint density at radius 2 is 1.81 bits per heavy atom. The van der Waals surface area contributed by atoms with E-state index in [4.69, 9.17) is 38.4 Å². The second-order valence-corrected chi connectivity index (χ2v) is 7.53. The number of nitrogens with zero attached hydrogens (tertiary/aromatic N) is 4. The van der Waals surface area contributed by atoms with Crippen LogP contribution in [-0.2, 0) is 22.7 Å². The lowest BCUT2D eigenvalue weighted by atomic mass is 10.0. The summed E-state index contributed by atoms with van der Waals surface area (Å²) in [4.78, 5) is 2.35. The second-order valence-electron chi connectivity index (χ2n) is 6.72. The van der Waals surface area contributed by atoms with Gasteiger partial charge in [-0.05, 0) is 43.4 Å². The zero-order chi connectivity index (χ0) is 18.1. The molecule has 1 spiro atoms. The van der Waals surface area contributed by atoms with E-state index < -0.39 is 0 Å². The van der Waals surface area contributed by atoms with Crippen molar-refractivity contribution in [2.45, 2.75) is 38.8 Å². The minimum atomic E-state index is -0.352. The number of rotatable bonds is 4. The molecule has 2 aromatic rings. The molecule has 8 heteroatoms. The lowest BCUT2D eigenvalue weighted by molar-refractivity contribution is -0.187. The molecule has 2 saturated heterocycles. The first kappa shape index (κ1) is 18.1. The first-order valence-electron chi connectivity index (χ1n) is 9.04. The summed E-state index contributed by atoms with van der Waals surface area (Å²) in [6.07, 6.45) is 1.78. The first-order valence-corrected chi connectivity index (χ1v) is 9.83. The van der Waals surface area contributed by atoms with E-state index in [9.17, 15) is 0 Å². The fourth-order valence-corrected chi connectivity index (χ4v) is 4.08. The Morgan fingerprint density at radius 1 is 1.15 bits per heavy atom. The Bertz CT molecular complexity index is 817. The molecule has 0 atom stereocenters. The normalized spacial score (nSPS) is 20.1. The first-order chi connectivity index (χ1) is 12.6. The van der Waals surface area contributed by atoms with Crippen LogP contribution in [0.3, 0.4) is 0 Å². The Morgan fingerprint density at radius 3 is 2.42 bits per heavy atom. The quantitative estimate of drug-likeness (QED) is 0.742. The second kappa shape index (κ2) is 7.40. The van der Waals surface area contributed by atoms with Crippen LogP contribution in [0.4, 0.5) is 0 Å². The Hall–Kier alpha value is -1.25. The molecule has 26 heavy (non-hydrogen) atoms. The third kappa shape index (κ3) is 3.46. The van der Waals surface area contributed by atoms with Gasteiger partial charge < -0.3 is 14.0 Å². The van der Waals surface area contributed by atoms with Crippen molar-refractivity contribution >= 4 is 23.8 Å². The molecule has 3 heterocycles. The van der Waals surface area contributed by atoms with E-state index in [2.05, 4.69) is 16.4 Å². The van der Waals surface area contributed by atoms with E-state index in [1.54, 1.807) is 0 Å². The van der Waals surface area contributed by atoms with Crippen LogP contribution in [0.1, 0.15) is 19.8 Å². The van der Waals surface area contributed by atoms with Gasteiger partial charge in [0.15, 0.2) is 16.4 Å². The Balaban J connectivity index is 1.52. The number of piperidine rings is 1. The number of benzene rings is 1. The number of hydrogen-bond acceptors (Lipinski definition) is 5. The smallest absolute Gasteiger partial charge is 0.199 e. The van der Waals surface area contributed by atoms with E-state index >= 15 is 0 Å². The largest absolute Gasteiger partial charge is 0.347 e. The number of halogens is 1. The van der Waals surface area contributed by atoms with Crippen LogP contribution in [0, 0.1) is 4.77 Å².